The summed E-state index contributed by atoms with van der Waals surface area (Å²) in [6, 6.07) is 9.62. The highest BCUT2D eigenvalue weighted by Crippen LogP contribution is 2.25. The van der Waals surface area contributed by atoms with E-state index < -0.39 is 0 Å². The molecule has 3 heteroatoms. The number of hydrogen-bond donors (Lipinski definition) is 1. The van der Waals surface area contributed by atoms with E-state index in [-0.39, 0.29) is 0 Å². The summed E-state index contributed by atoms with van der Waals surface area (Å²) in [4.78, 5) is 5.66. The molecule has 0 amide bonds. The Morgan fingerprint density at radius 3 is 2.05 bits per heavy atom. The summed E-state index contributed by atoms with van der Waals surface area (Å²) >= 11 is 1.73. The number of aryl methyl sites for hydroxylation is 1. The average Bonchev–Trinajstić information content (AvgIpc) is 2.85. The van der Waals surface area contributed by atoms with Gasteiger partial charge in [0.15, 0.2) is 0 Å². The molecule has 0 spiro atoms. The zero-order valence-electron chi connectivity index (χ0n) is 13.0. The first kappa shape index (κ1) is 15.2. The molecule has 0 aliphatic heterocycles. The third-order valence-corrected chi connectivity index (χ3v) is 4.89. The largest absolute Gasteiger partial charge is 0.303 e. The van der Waals surface area contributed by atoms with Gasteiger partial charge in [0.1, 0.15) is 0 Å². The summed E-state index contributed by atoms with van der Waals surface area (Å²) in [5.41, 5.74) is 5.79. The maximum Gasteiger partial charge on any atom is 0.0798 e. The fraction of sp³-hybridized carbons (Fsp3) is 0.471. The van der Waals surface area contributed by atoms with E-state index in [1.165, 1.54) is 16.0 Å². The van der Waals surface area contributed by atoms with Crippen molar-refractivity contribution in [1.29, 1.82) is 0 Å². The molecule has 2 aromatic rings. The molecule has 2 rings (SSSR count). The summed E-state index contributed by atoms with van der Waals surface area (Å²) in [5.74, 6) is 0.589. The Kier molecular flexibility index (Phi) is 4.95. The number of aromatic nitrogens is 1. The SMILES string of the molecule is Cc1ncsc1C(C)NC(C)c1ccc(C(C)C)cc1. The van der Waals surface area contributed by atoms with Crippen molar-refractivity contribution < 1.29 is 0 Å². The van der Waals surface area contributed by atoms with Crippen molar-refractivity contribution in [2.45, 2.75) is 52.6 Å². The molecule has 0 bridgehead atoms. The molecule has 0 saturated carbocycles. The van der Waals surface area contributed by atoms with Crippen molar-refractivity contribution >= 4 is 11.3 Å². The van der Waals surface area contributed by atoms with Crippen LogP contribution >= 0.6 is 11.3 Å². The molecule has 0 aliphatic rings. The van der Waals surface area contributed by atoms with Crippen LogP contribution in [0.3, 0.4) is 0 Å². The standard InChI is InChI=1S/C17H24N2S/c1-11(2)15-6-8-16(9-7-15)12(3)19-14(5)17-13(4)18-10-20-17/h6-12,14,19H,1-5H3. The van der Waals surface area contributed by atoms with Crippen LogP contribution in [0.4, 0.5) is 0 Å². The van der Waals surface area contributed by atoms with Crippen LogP contribution in [0, 0.1) is 6.92 Å². The van der Waals surface area contributed by atoms with Crippen LogP contribution in [0.2, 0.25) is 0 Å². The zero-order valence-corrected chi connectivity index (χ0v) is 13.8. The molecule has 1 N–H and O–H groups in total. The van der Waals surface area contributed by atoms with Gasteiger partial charge in [0.25, 0.3) is 0 Å². The second kappa shape index (κ2) is 6.51. The molecule has 108 valence electrons. The van der Waals surface area contributed by atoms with Crippen LogP contribution in [0.5, 0.6) is 0 Å². The topological polar surface area (TPSA) is 24.9 Å². The van der Waals surface area contributed by atoms with Crippen molar-refractivity contribution in [3.8, 4) is 0 Å². The number of rotatable bonds is 5. The first-order chi connectivity index (χ1) is 9.49. The minimum absolute atomic E-state index is 0.335. The van der Waals surface area contributed by atoms with Gasteiger partial charge in [-0.1, -0.05) is 38.1 Å². The Balaban J connectivity index is 2.04. The summed E-state index contributed by atoms with van der Waals surface area (Å²) in [7, 11) is 0. The van der Waals surface area contributed by atoms with Crippen LogP contribution in [0.1, 0.15) is 67.4 Å². The highest BCUT2D eigenvalue weighted by molar-refractivity contribution is 7.09. The number of nitrogens with one attached hydrogen (secondary N) is 1. The zero-order chi connectivity index (χ0) is 14.7. The predicted octanol–water partition coefficient (Wildman–Crippen LogP) is 4.99. The molecule has 2 unspecified atom stereocenters. The number of hydrogen-bond acceptors (Lipinski definition) is 3. The van der Waals surface area contributed by atoms with Gasteiger partial charge in [-0.3, -0.25) is 0 Å². The van der Waals surface area contributed by atoms with Crippen molar-refractivity contribution in [3.05, 3.63) is 51.5 Å². The van der Waals surface area contributed by atoms with E-state index in [1.54, 1.807) is 11.3 Å². The van der Waals surface area contributed by atoms with E-state index in [0.29, 0.717) is 18.0 Å². The minimum atomic E-state index is 0.335. The van der Waals surface area contributed by atoms with E-state index >= 15 is 0 Å². The van der Waals surface area contributed by atoms with Crippen molar-refractivity contribution in [3.63, 3.8) is 0 Å². The van der Waals surface area contributed by atoms with Gasteiger partial charge in [0.05, 0.1) is 11.2 Å². The lowest BCUT2D eigenvalue weighted by Gasteiger charge is -2.20. The second-order valence-corrected chi connectivity index (χ2v) is 6.62. The summed E-state index contributed by atoms with van der Waals surface area (Å²) in [6.07, 6.45) is 0. The van der Waals surface area contributed by atoms with Gasteiger partial charge in [0, 0.05) is 17.0 Å². The van der Waals surface area contributed by atoms with Gasteiger partial charge in [-0.2, -0.15) is 0 Å². The first-order valence-corrected chi connectivity index (χ1v) is 8.13. The fourth-order valence-electron chi connectivity index (χ4n) is 2.44. The van der Waals surface area contributed by atoms with E-state index in [4.69, 9.17) is 0 Å². The Labute approximate surface area is 126 Å². The molecule has 0 aliphatic carbocycles. The van der Waals surface area contributed by atoms with Gasteiger partial charge < -0.3 is 5.32 Å². The van der Waals surface area contributed by atoms with Gasteiger partial charge >= 0.3 is 0 Å². The van der Waals surface area contributed by atoms with Gasteiger partial charge in [-0.05, 0) is 37.8 Å². The molecular formula is C17H24N2S. The molecule has 2 nitrogen and oxygen atoms in total. The molecule has 1 heterocycles. The normalized spacial score (nSPS) is 14.5. The molecule has 1 aromatic heterocycles. The smallest absolute Gasteiger partial charge is 0.0798 e. The number of thiazole rings is 1. The summed E-state index contributed by atoms with van der Waals surface area (Å²) < 4.78 is 0. The summed E-state index contributed by atoms with van der Waals surface area (Å²) in [6.45, 7) is 11.0. The number of nitrogens with zero attached hydrogens (tertiary/aromatic N) is 1. The Bertz CT molecular complexity index is 542. The van der Waals surface area contributed by atoms with Gasteiger partial charge in [-0.15, -0.1) is 11.3 Å². The molecular weight excluding hydrogens is 264 g/mol. The third kappa shape index (κ3) is 3.47. The van der Waals surface area contributed by atoms with E-state index in [1.807, 2.05) is 5.51 Å². The average molecular weight is 288 g/mol. The molecule has 1 aromatic carbocycles. The van der Waals surface area contributed by atoms with Crippen LogP contribution in [0.15, 0.2) is 29.8 Å². The highest BCUT2D eigenvalue weighted by Gasteiger charge is 2.14. The third-order valence-electron chi connectivity index (χ3n) is 3.78. The Hall–Kier alpha value is -1.19. The van der Waals surface area contributed by atoms with Crippen molar-refractivity contribution in [1.82, 2.24) is 10.3 Å². The first-order valence-electron chi connectivity index (χ1n) is 7.25. The summed E-state index contributed by atoms with van der Waals surface area (Å²) in [5, 5.41) is 3.66. The van der Waals surface area contributed by atoms with Crippen LogP contribution in [-0.2, 0) is 0 Å². The lowest BCUT2D eigenvalue weighted by atomic mass is 9.99. The molecule has 2 atom stereocenters. The lowest BCUT2D eigenvalue weighted by molar-refractivity contribution is 0.498. The maximum atomic E-state index is 4.33. The quantitative estimate of drug-likeness (QED) is 0.838. The maximum absolute atomic E-state index is 4.33. The molecule has 20 heavy (non-hydrogen) atoms. The minimum Gasteiger partial charge on any atom is -0.303 e. The Morgan fingerprint density at radius 2 is 1.55 bits per heavy atom. The second-order valence-electron chi connectivity index (χ2n) is 5.73. The van der Waals surface area contributed by atoms with Gasteiger partial charge in [0.2, 0.25) is 0 Å². The van der Waals surface area contributed by atoms with Crippen molar-refractivity contribution in [2.75, 3.05) is 0 Å². The van der Waals surface area contributed by atoms with E-state index in [2.05, 4.69) is 69.2 Å². The van der Waals surface area contributed by atoms with E-state index in [0.717, 1.165) is 5.69 Å². The fourth-order valence-corrected chi connectivity index (χ4v) is 3.26. The molecule has 0 radical (unpaired) electrons. The van der Waals surface area contributed by atoms with Crippen LogP contribution < -0.4 is 5.32 Å². The number of benzene rings is 1. The van der Waals surface area contributed by atoms with Crippen LogP contribution in [-0.4, -0.2) is 4.98 Å². The molecule has 0 saturated heterocycles. The highest BCUT2D eigenvalue weighted by atomic mass is 32.1. The van der Waals surface area contributed by atoms with Crippen LogP contribution in [0.25, 0.3) is 0 Å². The van der Waals surface area contributed by atoms with Crippen molar-refractivity contribution in [2.24, 2.45) is 0 Å². The predicted molar refractivity (Wildman–Crippen MR) is 87.3 cm³/mol. The lowest BCUT2D eigenvalue weighted by Crippen LogP contribution is -2.22. The Morgan fingerprint density at radius 1 is 0.950 bits per heavy atom. The molecule has 0 fully saturated rings. The van der Waals surface area contributed by atoms with Gasteiger partial charge in [-0.25, -0.2) is 4.98 Å². The monoisotopic (exact) mass is 288 g/mol. The van der Waals surface area contributed by atoms with E-state index in [9.17, 15) is 0 Å².